The summed E-state index contributed by atoms with van der Waals surface area (Å²) in [6.07, 6.45) is 7.34. The van der Waals surface area contributed by atoms with Crippen LogP contribution in [0.15, 0.2) is 42.6 Å². The number of hydrogen-bond acceptors (Lipinski definition) is 4. The number of benzene rings is 1. The van der Waals surface area contributed by atoms with Gasteiger partial charge in [-0.15, -0.1) is 0 Å². The third-order valence-electron chi connectivity index (χ3n) is 4.53. The zero-order chi connectivity index (χ0) is 18.4. The highest BCUT2D eigenvalue weighted by Gasteiger charge is 2.15. The molecule has 1 fully saturated rings. The summed E-state index contributed by atoms with van der Waals surface area (Å²) in [5, 5.41) is 9.00. The second kappa shape index (κ2) is 8.47. The molecule has 26 heavy (non-hydrogen) atoms. The van der Waals surface area contributed by atoms with Gasteiger partial charge in [-0.2, -0.15) is 0 Å². The Kier molecular flexibility index (Phi) is 5.84. The maximum absolute atomic E-state index is 12.1. The van der Waals surface area contributed by atoms with Gasteiger partial charge in [0.1, 0.15) is 5.82 Å². The molecule has 1 aliphatic carbocycles. The fraction of sp³-hybridized carbons (Fsp3) is 0.350. The molecule has 1 saturated carbocycles. The van der Waals surface area contributed by atoms with E-state index < -0.39 is 0 Å². The molecule has 2 aromatic rings. The highest BCUT2D eigenvalue weighted by molar-refractivity contribution is 5.94. The van der Waals surface area contributed by atoms with Gasteiger partial charge in [-0.3, -0.25) is 4.79 Å². The monoisotopic (exact) mass is 352 g/mol. The van der Waals surface area contributed by atoms with Crippen molar-refractivity contribution in [1.82, 2.24) is 10.3 Å². The van der Waals surface area contributed by atoms with Gasteiger partial charge >= 0.3 is 6.03 Å². The minimum Gasteiger partial charge on any atom is -0.340 e. The van der Waals surface area contributed by atoms with Crippen molar-refractivity contribution in [1.29, 1.82) is 0 Å². The first kappa shape index (κ1) is 17.9. The van der Waals surface area contributed by atoms with Gasteiger partial charge in [-0.25, -0.2) is 9.78 Å². The second-order valence-electron chi connectivity index (χ2n) is 6.62. The number of urea groups is 1. The first-order valence-corrected chi connectivity index (χ1v) is 9.02. The molecule has 6 nitrogen and oxygen atoms in total. The summed E-state index contributed by atoms with van der Waals surface area (Å²) in [4.78, 5) is 27.7. The second-order valence-corrected chi connectivity index (χ2v) is 6.62. The molecule has 3 N–H and O–H groups in total. The van der Waals surface area contributed by atoms with Gasteiger partial charge in [0.25, 0.3) is 0 Å². The van der Waals surface area contributed by atoms with Crippen LogP contribution in [0.25, 0.3) is 0 Å². The molecule has 1 heterocycles. The molecule has 0 saturated heterocycles. The number of nitrogens with zero attached hydrogens (tertiary/aromatic N) is 1. The van der Waals surface area contributed by atoms with Crippen LogP contribution in [0, 0.1) is 0 Å². The average Bonchev–Trinajstić information content (AvgIpc) is 2.64. The lowest BCUT2D eigenvalue weighted by atomic mass is 9.96. The van der Waals surface area contributed by atoms with Gasteiger partial charge < -0.3 is 16.0 Å². The van der Waals surface area contributed by atoms with Crippen LogP contribution in [0.5, 0.6) is 0 Å². The molecule has 6 heteroatoms. The first-order chi connectivity index (χ1) is 12.6. The van der Waals surface area contributed by atoms with E-state index in [1.54, 1.807) is 37.4 Å². The molecule has 0 bridgehead atoms. The number of pyridine rings is 1. The summed E-state index contributed by atoms with van der Waals surface area (Å²) in [5.41, 5.74) is 2.17. The molecule has 3 rings (SSSR count). The van der Waals surface area contributed by atoms with Crippen LogP contribution in [0.2, 0.25) is 0 Å². The van der Waals surface area contributed by atoms with Crippen molar-refractivity contribution in [2.45, 2.75) is 45.1 Å². The van der Waals surface area contributed by atoms with Crippen molar-refractivity contribution in [2.24, 2.45) is 0 Å². The lowest BCUT2D eigenvalue weighted by molar-refractivity contribution is 0.101. The Morgan fingerprint density at radius 1 is 0.962 bits per heavy atom. The van der Waals surface area contributed by atoms with E-state index in [0.717, 1.165) is 18.5 Å². The lowest BCUT2D eigenvalue weighted by Crippen LogP contribution is -2.39. The fourth-order valence-electron chi connectivity index (χ4n) is 3.08. The Hall–Kier alpha value is -2.89. The van der Waals surface area contributed by atoms with Crippen LogP contribution in [-0.4, -0.2) is 22.8 Å². The van der Waals surface area contributed by atoms with E-state index in [0.29, 0.717) is 17.1 Å². The highest BCUT2D eigenvalue weighted by atomic mass is 16.2. The Bertz CT molecular complexity index is 750. The summed E-state index contributed by atoms with van der Waals surface area (Å²) in [6.45, 7) is 1.54. The molecular formula is C20H24N4O2. The van der Waals surface area contributed by atoms with Gasteiger partial charge in [-0.05, 0) is 56.2 Å². The van der Waals surface area contributed by atoms with Crippen LogP contribution in [0.3, 0.4) is 0 Å². The third-order valence-corrected chi connectivity index (χ3v) is 4.53. The Morgan fingerprint density at radius 2 is 1.65 bits per heavy atom. The topological polar surface area (TPSA) is 83.1 Å². The van der Waals surface area contributed by atoms with Crippen LogP contribution in [-0.2, 0) is 0 Å². The summed E-state index contributed by atoms with van der Waals surface area (Å²) in [5.74, 6) is 0.704. The summed E-state index contributed by atoms with van der Waals surface area (Å²) < 4.78 is 0. The standard InChI is InChI=1S/C20H24N4O2/c1-14(25)15-7-9-17(10-8-15)22-19-12-11-18(13-21-19)24-20(26)23-16-5-3-2-4-6-16/h7-13,16H,2-6H2,1H3,(H,21,22)(H2,23,24,26). The van der Waals surface area contributed by atoms with E-state index >= 15 is 0 Å². The number of carbonyl (C=O) groups is 2. The van der Waals surface area contributed by atoms with Gasteiger partial charge in [0.15, 0.2) is 5.78 Å². The number of nitrogens with one attached hydrogen (secondary N) is 3. The van der Waals surface area contributed by atoms with Crippen molar-refractivity contribution in [2.75, 3.05) is 10.6 Å². The number of hydrogen-bond donors (Lipinski definition) is 3. The Balaban J connectivity index is 1.52. The first-order valence-electron chi connectivity index (χ1n) is 9.02. The maximum atomic E-state index is 12.1. The third kappa shape index (κ3) is 5.05. The molecule has 136 valence electrons. The zero-order valence-electron chi connectivity index (χ0n) is 14.9. The van der Waals surface area contributed by atoms with Crippen molar-refractivity contribution in [3.63, 3.8) is 0 Å². The van der Waals surface area contributed by atoms with E-state index in [1.807, 2.05) is 12.1 Å². The van der Waals surface area contributed by atoms with Crippen LogP contribution in [0.1, 0.15) is 49.4 Å². The van der Waals surface area contributed by atoms with Crippen molar-refractivity contribution >= 4 is 29.0 Å². The SMILES string of the molecule is CC(=O)c1ccc(Nc2ccc(NC(=O)NC3CCCCC3)cn2)cc1. The van der Waals surface area contributed by atoms with E-state index in [-0.39, 0.29) is 17.9 Å². The van der Waals surface area contributed by atoms with Gasteiger partial charge in [0.2, 0.25) is 0 Å². The number of Topliss-reactive ketones (excluding diaryl/α,β-unsaturated/α-hetero) is 1. The molecular weight excluding hydrogens is 328 g/mol. The molecule has 0 atom stereocenters. The smallest absolute Gasteiger partial charge is 0.319 e. The largest absolute Gasteiger partial charge is 0.340 e. The molecule has 0 spiro atoms. The highest BCUT2D eigenvalue weighted by Crippen LogP contribution is 2.19. The number of amides is 2. The Morgan fingerprint density at radius 3 is 2.27 bits per heavy atom. The number of ketones is 1. The van der Waals surface area contributed by atoms with Gasteiger partial charge in [0, 0.05) is 17.3 Å². The molecule has 1 aliphatic rings. The molecule has 0 aliphatic heterocycles. The van der Waals surface area contributed by atoms with E-state index in [9.17, 15) is 9.59 Å². The van der Waals surface area contributed by atoms with Crippen LogP contribution >= 0.6 is 0 Å². The number of carbonyl (C=O) groups excluding carboxylic acids is 2. The maximum Gasteiger partial charge on any atom is 0.319 e. The predicted octanol–water partition coefficient (Wildman–Crippen LogP) is 4.48. The van der Waals surface area contributed by atoms with Crippen LogP contribution in [0.4, 0.5) is 22.0 Å². The van der Waals surface area contributed by atoms with Gasteiger partial charge in [-0.1, -0.05) is 19.3 Å². The Labute approximate surface area is 153 Å². The van der Waals surface area contributed by atoms with E-state index in [1.165, 1.54) is 19.3 Å². The fourth-order valence-corrected chi connectivity index (χ4v) is 3.08. The quantitative estimate of drug-likeness (QED) is 0.693. The van der Waals surface area contributed by atoms with Crippen molar-refractivity contribution in [3.05, 3.63) is 48.2 Å². The lowest BCUT2D eigenvalue weighted by Gasteiger charge is -2.22. The van der Waals surface area contributed by atoms with E-state index in [4.69, 9.17) is 0 Å². The number of aromatic nitrogens is 1. The molecule has 1 aromatic heterocycles. The summed E-state index contributed by atoms with van der Waals surface area (Å²) in [7, 11) is 0. The molecule has 1 aromatic carbocycles. The molecule has 2 amide bonds. The van der Waals surface area contributed by atoms with Crippen molar-refractivity contribution in [3.8, 4) is 0 Å². The molecule has 0 radical (unpaired) electrons. The zero-order valence-corrected chi connectivity index (χ0v) is 14.9. The minimum absolute atomic E-state index is 0.0385. The predicted molar refractivity (Wildman–Crippen MR) is 103 cm³/mol. The van der Waals surface area contributed by atoms with Gasteiger partial charge in [0.05, 0.1) is 11.9 Å². The molecule has 0 unspecified atom stereocenters. The van der Waals surface area contributed by atoms with Crippen LogP contribution < -0.4 is 16.0 Å². The summed E-state index contributed by atoms with van der Waals surface area (Å²) >= 11 is 0. The average molecular weight is 352 g/mol. The minimum atomic E-state index is -0.181. The number of rotatable bonds is 5. The normalized spacial score (nSPS) is 14.5. The number of anilines is 3. The van der Waals surface area contributed by atoms with Crippen molar-refractivity contribution < 1.29 is 9.59 Å². The summed E-state index contributed by atoms with van der Waals surface area (Å²) in [6, 6.07) is 10.9. The van der Waals surface area contributed by atoms with E-state index in [2.05, 4.69) is 20.9 Å².